The van der Waals surface area contributed by atoms with Crippen molar-refractivity contribution >= 4 is 30.5 Å². The molecule has 0 saturated heterocycles. The van der Waals surface area contributed by atoms with Gasteiger partial charge in [0, 0.05) is 72.2 Å². The summed E-state index contributed by atoms with van der Waals surface area (Å²) in [5.41, 5.74) is 9.25. The van der Waals surface area contributed by atoms with Gasteiger partial charge in [-0.05, 0) is 62.3 Å². The Morgan fingerprint density at radius 1 is 0.381 bits per heavy atom. The van der Waals surface area contributed by atoms with Crippen molar-refractivity contribution in [3.8, 4) is 0 Å². The molecule has 0 spiro atoms. The number of aliphatic hydroxyl groups is 1. The monoisotopic (exact) mass is 1630 g/mol. The summed E-state index contributed by atoms with van der Waals surface area (Å²) in [4.78, 5) is 15.5. The molecule has 0 heterocycles. The number of nitrogens with two attached hydrogens (primary N) is 1. The number of hydrogen-bond donors (Lipinski definition) is 3. The van der Waals surface area contributed by atoms with E-state index in [2.05, 4.69) is 70.5 Å². The van der Waals surface area contributed by atoms with Gasteiger partial charge >= 0.3 is 18.5 Å². The average molecular weight is 1630 g/mol. The van der Waals surface area contributed by atoms with Crippen LogP contribution in [-0.4, -0.2) is 318 Å². The van der Waals surface area contributed by atoms with E-state index in [1.807, 2.05) is 132 Å². The number of alkyl carbamates (subject to hydrolysis) is 1. The van der Waals surface area contributed by atoms with Gasteiger partial charge in [0.25, 0.3) is 0 Å². The maximum absolute atomic E-state index is 14.7. The number of amides is 1. The first-order chi connectivity index (χ1) is 54.8. The number of carbonyl (C=O) groups is 1. The van der Waals surface area contributed by atoms with Crippen LogP contribution in [-0.2, 0) is 116 Å². The van der Waals surface area contributed by atoms with E-state index in [0.29, 0.717) is 231 Å². The third kappa shape index (κ3) is 83.7. The minimum absolute atomic E-state index is 0. The molecular formula is C82H143B2F3N4O21P. The zero-order valence-corrected chi connectivity index (χ0v) is 69.4. The van der Waals surface area contributed by atoms with Gasteiger partial charge in [0.15, 0.2) is 0 Å². The van der Waals surface area contributed by atoms with Gasteiger partial charge in [0.2, 0.25) is 0 Å². The van der Waals surface area contributed by atoms with Crippen LogP contribution in [0.5, 0.6) is 0 Å². The molecular weight excluding hydrogens is 1490 g/mol. The molecule has 0 aliphatic rings. The second kappa shape index (κ2) is 89.8. The third-order valence-electron chi connectivity index (χ3n) is 14.1. The summed E-state index contributed by atoms with van der Waals surface area (Å²) in [5.74, 6) is 0. The minimum atomic E-state index is -1.21. The summed E-state index contributed by atoms with van der Waals surface area (Å²) in [6, 6.07) is 40.3. The van der Waals surface area contributed by atoms with Crippen LogP contribution in [0.4, 0.5) is 18.0 Å². The van der Waals surface area contributed by atoms with E-state index in [9.17, 15) is 18.0 Å². The molecule has 0 saturated carbocycles. The number of alkyl halides is 3. The Hall–Kier alpha value is -4.54. The number of ether oxygens (including phenoxy) is 18. The zero-order chi connectivity index (χ0) is 82.4. The van der Waals surface area contributed by atoms with E-state index in [1.54, 1.807) is 0 Å². The standard InChI is InChI=1S/C30H46FNO6.C18H37NO7.C17H20FNO.C16H34FNO6.CH4.BO.BH2P/c1-2-13-33-14-15-34-16-17-35-18-19-36-20-21-37-22-23-38-27-30(31)26-32(24-28-9-5-3-6-10-28)25-29-11-7-4-8-12-29;1-5-7-21-9-11-23-13-15-25-16-14-24-12-10-22-8-6-19-17(20)26-18(2,3)4;18-17(14-20)13-19(11-15-7-3-1-4-8-15)12-16-9-5-2-6-10-16;1-2-3-19-4-5-20-6-7-21-8-9-22-10-11-23-12-13-24-15-16(17)14-18;;2*1-2/h3-12,30H,2,13-27H2,1H3;5-16H2,1-4H3,(H,19,20);1-10,17,20H,11-14H2;16H,2-15,18H2,1H3;1H4;;2H2. The maximum atomic E-state index is 14.7. The fraction of sp³-hybridized carbons (Fsp3) is 0.695. The number of halogens is 3. The van der Waals surface area contributed by atoms with Gasteiger partial charge in [-0.1, -0.05) is 150 Å². The number of aliphatic hydroxyl groups excluding tert-OH is 1. The maximum Gasteiger partial charge on any atom is 0.0996 e. The number of hydrogen-bond acceptors (Lipinski definition) is 24. The summed E-state index contributed by atoms with van der Waals surface area (Å²) in [7, 11) is 9.58. The summed E-state index contributed by atoms with van der Waals surface area (Å²) in [6.45, 7) is 32.2. The molecule has 4 aromatic rings. The second-order valence-corrected chi connectivity index (χ2v) is 25.3. The molecule has 31 heteroatoms. The SMILES string of the molecule is C.CCCOCCOCCOCCOCCOCCNC(=O)OC(C)(C)C.CCCOCCOCCOCCOCCOCCOCC(F)CN.CCCOCCOCCOCCOCCOCCOCC(F)CN(Cc1ccccc1)Cc1ccccc1.OCC(F)CN(Cc1ccccc1)Cc1ccccc1.[B]=O.[B]P. The summed E-state index contributed by atoms with van der Waals surface area (Å²) < 4.78 is 145. The molecule has 4 aromatic carbocycles. The first-order valence-electron chi connectivity index (χ1n) is 39.0. The number of rotatable bonds is 69. The Labute approximate surface area is 680 Å². The van der Waals surface area contributed by atoms with E-state index in [0.717, 1.165) is 61.3 Å². The van der Waals surface area contributed by atoms with E-state index >= 15 is 0 Å². The molecule has 1 amide bonds. The molecule has 0 aliphatic carbocycles. The van der Waals surface area contributed by atoms with Gasteiger partial charge in [-0.25, -0.2) is 18.0 Å². The Morgan fingerprint density at radius 3 is 0.814 bits per heavy atom. The number of nitrogens with zero attached hydrogens (tertiary/aromatic N) is 2. The van der Waals surface area contributed by atoms with Crippen molar-refractivity contribution in [3.05, 3.63) is 144 Å². The summed E-state index contributed by atoms with van der Waals surface area (Å²) in [6.07, 6.45) is -0.757. The quantitative estimate of drug-likeness (QED) is 0.0211. The van der Waals surface area contributed by atoms with Crippen molar-refractivity contribution in [2.45, 2.75) is 119 Å². The van der Waals surface area contributed by atoms with Gasteiger partial charge in [-0.3, -0.25) is 9.80 Å². The molecule has 113 heavy (non-hydrogen) atoms. The Balaban J connectivity index is -0.00000144. The number of carbonyl (C=O) groups excluding carboxylic acids is 1. The smallest absolute Gasteiger partial charge is 0.0996 e. The van der Waals surface area contributed by atoms with Crippen LogP contribution in [0.1, 0.15) is 90.5 Å². The number of nitrogens with one attached hydrogen (secondary N) is 1. The molecule has 0 bridgehead atoms. The van der Waals surface area contributed by atoms with E-state index < -0.39 is 36.8 Å². The normalized spacial score (nSPS) is 11.8. The van der Waals surface area contributed by atoms with Crippen LogP contribution in [0.2, 0.25) is 0 Å². The molecule has 4 N–H and O–H groups in total. The van der Waals surface area contributed by atoms with Crippen LogP contribution < -0.4 is 11.1 Å². The van der Waals surface area contributed by atoms with Crippen LogP contribution in [0.3, 0.4) is 0 Å². The van der Waals surface area contributed by atoms with E-state index in [-0.39, 0.29) is 33.7 Å². The van der Waals surface area contributed by atoms with Crippen molar-refractivity contribution in [1.29, 1.82) is 0 Å². The van der Waals surface area contributed by atoms with Gasteiger partial charge in [-0.15, -0.1) is 0 Å². The first-order valence-corrected chi connectivity index (χ1v) is 39.7. The second-order valence-electron chi connectivity index (χ2n) is 25.3. The Bertz CT molecular complexity index is 2420. The van der Waals surface area contributed by atoms with Crippen LogP contribution in [0.15, 0.2) is 121 Å². The van der Waals surface area contributed by atoms with Crippen molar-refractivity contribution in [3.63, 3.8) is 0 Å². The van der Waals surface area contributed by atoms with Crippen LogP contribution in [0.25, 0.3) is 0 Å². The molecule has 0 aliphatic heterocycles. The third-order valence-corrected chi connectivity index (χ3v) is 14.1. The van der Waals surface area contributed by atoms with Gasteiger partial charge in [-0.2, -0.15) is 9.12 Å². The van der Waals surface area contributed by atoms with Crippen molar-refractivity contribution in [1.82, 2.24) is 15.1 Å². The topological polar surface area (TPSA) is 265 Å². The molecule has 4 rings (SSSR count). The van der Waals surface area contributed by atoms with Crippen molar-refractivity contribution in [2.75, 3.05) is 257 Å². The minimum Gasteiger partial charge on any atom is -0.187 e. The van der Waals surface area contributed by atoms with E-state index in [4.69, 9.17) is 101 Å². The predicted octanol–water partition coefficient (Wildman–Crippen LogP) is 10.4. The van der Waals surface area contributed by atoms with Crippen molar-refractivity contribution < 1.29 is 113 Å². The van der Waals surface area contributed by atoms with Gasteiger partial charge in [0.1, 0.15) is 24.1 Å². The average Bonchev–Trinajstić information content (AvgIpc) is 0.897. The predicted molar refractivity (Wildman–Crippen MR) is 442 cm³/mol. The molecule has 4 atom stereocenters. The molecule has 649 valence electrons. The molecule has 0 aromatic heterocycles. The largest absolute Gasteiger partial charge is 0.187 e. The zero-order valence-electron chi connectivity index (χ0n) is 68.3. The molecule has 0 fully saturated rings. The van der Waals surface area contributed by atoms with Gasteiger partial charge < -0.3 is 101 Å². The molecule has 25 nitrogen and oxygen atoms in total. The van der Waals surface area contributed by atoms with Crippen molar-refractivity contribution in [2.24, 2.45) is 5.73 Å². The summed E-state index contributed by atoms with van der Waals surface area (Å²) >= 11 is 0. The summed E-state index contributed by atoms with van der Waals surface area (Å²) in [5, 5.41) is 11.5. The Kier molecular flexibility index (Phi) is 89.5. The fourth-order valence-corrected chi connectivity index (χ4v) is 9.05. The molecule has 3 radical (unpaired) electrons. The fourth-order valence-electron chi connectivity index (χ4n) is 9.05. The van der Waals surface area contributed by atoms with Crippen LogP contribution in [0, 0.1) is 0 Å². The van der Waals surface area contributed by atoms with Crippen LogP contribution >= 0.6 is 9.12 Å². The van der Waals surface area contributed by atoms with E-state index in [1.165, 1.54) is 0 Å². The van der Waals surface area contributed by atoms with Gasteiger partial charge in [0.05, 0.1) is 219 Å². The Morgan fingerprint density at radius 2 is 0.593 bits per heavy atom. The molecule has 4 unspecified atom stereocenters. The first kappa shape index (κ1) is 113. The number of benzene rings is 4.